The third-order valence-corrected chi connectivity index (χ3v) is 4.28. The number of nitrogens with two attached hydrogens (primary N) is 1. The van der Waals surface area contributed by atoms with Gasteiger partial charge in [-0.2, -0.15) is 0 Å². The molecule has 1 aliphatic carbocycles. The van der Waals surface area contributed by atoms with Gasteiger partial charge in [0.05, 0.1) is 0 Å². The number of carbonyl (C=O) groups is 1. The summed E-state index contributed by atoms with van der Waals surface area (Å²) in [5.41, 5.74) is 6.79. The minimum absolute atomic E-state index is 0.140. The van der Waals surface area contributed by atoms with E-state index in [0.717, 1.165) is 18.4 Å². The zero-order valence-electron chi connectivity index (χ0n) is 11.8. The number of hydrogen-bond acceptors (Lipinski definition) is 3. The van der Waals surface area contributed by atoms with Crippen molar-refractivity contribution in [3.8, 4) is 0 Å². The van der Waals surface area contributed by atoms with Crippen molar-refractivity contribution in [2.24, 2.45) is 17.6 Å². The lowest BCUT2D eigenvalue weighted by Gasteiger charge is -2.30. The fourth-order valence-electron chi connectivity index (χ4n) is 2.95. The molecule has 4 heteroatoms. The Morgan fingerprint density at radius 3 is 2.55 bits per heavy atom. The molecule has 1 saturated carbocycles. The molecule has 0 spiro atoms. The Labute approximate surface area is 120 Å². The Kier molecular flexibility index (Phi) is 5.56. The van der Waals surface area contributed by atoms with E-state index in [1.807, 2.05) is 30.3 Å². The van der Waals surface area contributed by atoms with Crippen LogP contribution in [-0.4, -0.2) is 24.2 Å². The summed E-state index contributed by atoms with van der Waals surface area (Å²) in [6.45, 7) is 0.829. The van der Waals surface area contributed by atoms with E-state index in [4.69, 9.17) is 5.73 Å². The summed E-state index contributed by atoms with van der Waals surface area (Å²) in [5.74, 6) is 0.552. The maximum absolute atomic E-state index is 12.1. The fraction of sp³-hybridized carbons (Fsp3) is 0.562. The van der Waals surface area contributed by atoms with Crippen molar-refractivity contribution in [2.45, 2.75) is 31.7 Å². The molecular formula is C16H24N2O2. The number of rotatable bonds is 5. The Hall–Kier alpha value is -1.39. The lowest BCUT2D eigenvalue weighted by molar-refractivity contribution is -0.122. The SMILES string of the molecule is NC(C(=O)NCC1CCCCC1CO)c1ccccc1. The Morgan fingerprint density at radius 1 is 1.25 bits per heavy atom. The fourth-order valence-corrected chi connectivity index (χ4v) is 2.95. The van der Waals surface area contributed by atoms with Gasteiger partial charge >= 0.3 is 0 Å². The molecule has 0 saturated heterocycles. The highest BCUT2D eigenvalue weighted by Crippen LogP contribution is 2.29. The van der Waals surface area contributed by atoms with Crippen molar-refractivity contribution in [1.29, 1.82) is 0 Å². The first-order chi connectivity index (χ1) is 9.72. The number of hydrogen-bond donors (Lipinski definition) is 3. The zero-order chi connectivity index (χ0) is 14.4. The van der Waals surface area contributed by atoms with Gasteiger partial charge in [0.15, 0.2) is 0 Å². The van der Waals surface area contributed by atoms with Crippen molar-refractivity contribution in [2.75, 3.05) is 13.2 Å². The van der Waals surface area contributed by atoms with E-state index in [-0.39, 0.29) is 12.5 Å². The molecular weight excluding hydrogens is 252 g/mol. The molecule has 4 N–H and O–H groups in total. The number of amides is 1. The van der Waals surface area contributed by atoms with Gasteiger partial charge in [-0.25, -0.2) is 0 Å². The Balaban J connectivity index is 1.85. The molecule has 0 bridgehead atoms. The molecule has 1 aromatic carbocycles. The lowest BCUT2D eigenvalue weighted by atomic mass is 9.79. The van der Waals surface area contributed by atoms with Crippen molar-refractivity contribution in [3.05, 3.63) is 35.9 Å². The average Bonchev–Trinajstić information content (AvgIpc) is 2.53. The van der Waals surface area contributed by atoms with Crippen LogP contribution in [0.25, 0.3) is 0 Å². The van der Waals surface area contributed by atoms with Crippen molar-refractivity contribution >= 4 is 5.91 Å². The molecule has 1 fully saturated rings. The van der Waals surface area contributed by atoms with E-state index < -0.39 is 6.04 Å². The topological polar surface area (TPSA) is 75.4 Å². The highest BCUT2D eigenvalue weighted by Gasteiger charge is 2.25. The van der Waals surface area contributed by atoms with Crippen molar-refractivity contribution in [1.82, 2.24) is 5.32 Å². The van der Waals surface area contributed by atoms with E-state index in [0.29, 0.717) is 18.4 Å². The molecule has 0 aliphatic heterocycles. The summed E-state index contributed by atoms with van der Waals surface area (Å²) in [7, 11) is 0. The first-order valence-electron chi connectivity index (χ1n) is 7.41. The molecule has 3 atom stereocenters. The number of nitrogens with one attached hydrogen (secondary N) is 1. The smallest absolute Gasteiger partial charge is 0.241 e. The van der Waals surface area contributed by atoms with E-state index in [1.54, 1.807) is 0 Å². The van der Waals surface area contributed by atoms with E-state index >= 15 is 0 Å². The maximum Gasteiger partial charge on any atom is 0.241 e. The summed E-state index contributed by atoms with van der Waals surface area (Å²) in [6, 6.07) is 8.77. The molecule has 2 rings (SSSR count). The van der Waals surface area contributed by atoms with Gasteiger partial charge in [0.1, 0.15) is 6.04 Å². The standard InChI is InChI=1S/C16H24N2O2/c17-15(12-6-2-1-3-7-12)16(20)18-10-13-8-4-5-9-14(13)11-19/h1-3,6-7,13-15,19H,4-5,8-11,17H2,(H,18,20). The molecule has 1 aromatic rings. The van der Waals surface area contributed by atoms with Crippen LogP contribution in [0.5, 0.6) is 0 Å². The van der Waals surface area contributed by atoms with Gasteiger partial charge in [0.25, 0.3) is 0 Å². The Morgan fingerprint density at radius 2 is 1.90 bits per heavy atom. The highest BCUT2D eigenvalue weighted by molar-refractivity contribution is 5.82. The number of carbonyl (C=O) groups excluding carboxylic acids is 1. The molecule has 20 heavy (non-hydrogen) atoms. The van der Waals surface area contributed by atoms with Crippen LogP contribution in [0.3, 0.4) is 0 Å². The lowest BCUT2D eigenvalue weighted by Crippen LogP contribution is -2.39. The minimum Gasteiger partial charge on any atom is -0.396 e. The number of aliphatic hydroxyl groups excluding tert-OH is 1. The number of aliphatic hydroxyl groups is 1. The second kappa shape index (κ2) is 7.41. The van der Waals surface area contributed by atoms with Crippen LogP contribution in [0.2, 0.25) is 0 Å². The first-order valence-corrected chi connectivity index (χ1v) is 7.41. The second-order valence-electron chi connectivity index (χ2n) is 5.62. The van der Waals surface area contributed by atoms with E-state index in [2.05, 4.69) is 5.32 Å². The van der Waals surface area contributed by atoms with Gasteiger partial charge in [-0.15, -0.1) is 0 Å². The molecule has 4 nitrogen and oxygen atoms in total. The van der Waals surface area contributed by atoms with Gasteiger partial charge in [-0.05, 0) is 30.2 Å². The molecule has 0 heterocycles. The van der Waals surface area contributed by atoms with Gasteiger partial charge in [0.2, 0.25) is 5.91 Å². The highest BCUT2D eigenvalue weighted by atomic mass is 16.3. The van der Waals surface area contributed by atoms with Crippen LogP contribution in [0, 0.1) is 11.8 Å². The summed E-state index contributed by atoms with van der Waals surface area (Å²) >= 11 is 0. The zero-order valence-corrected chi connectivity index (χ0v) is 11.8. The molecule has 110 valence electrons. The second-order valence-corrected chi connectivity index (χ2v) is 5.62. The summed E-state index contributed by atoms with van der Waals surface area (Å²) in [5, 5.41) is 12.3. The van der Waals surface area contributed by atoms with Crippen LogP contribution in [0.1, 0.15) is 37.3 Å². The first kappa shape index (κ1) is 15.0. The van der Waals surface area contributed by atoms with Gasteiger partial charge in [0, 0.05) is 13.2 Å². The Bertz CT molecular complexity index is 422. The van der Waals surface area contributed by atoms with Crippen molar-refractivity contribution in [3.63, 3.8) is 0 Å². The van der Waals surface area contributed by atoms with E-state index in [1.165, 1.54) is 12.8 Å². The predicted octanol–water partition coefficient (Wildman–Crippen LogP) is 1.60. The van der Waals surface area contributed by atoms with Gasteiger partial charge in [-0.1, -0.05) is 43.2 Å². The molecule has 0 aromatic heterocycles. The summed E-state index contributed by atoms with van der Waals surface area (Å²) in [4.78, 5) is 12.1. The minimum atomic E-state index is -0.618. The van der Waals surface area contributed by atoms with E-state index in [9.17, 15) is 9.90 Å². The normalized spacial score (nSPS) is 24.1. The third kappa shape index (κ3) is 3.81. The number of benzene rings is 1. The largest absolute Gasteiger partial charge is 0.396 e. The maximum atomic E-state index is 12.1. The van der Waals surface area contributed by atoms with Crippen LogP contribution in [0.15, 0.2) is 30.3 Å². The summed E-state index contributed by atoms with van der Waals surface area (Å²) < 4.78 is 0. The molecule has 1 aliphatic rings. The van der Waals surface area contributed by atoms with Gasteiger partial charge < -0.3 is 16.2 Å². The average molecular weight is 276 g/mol. The summed E-state index contributed by atoms with van der Waals surface area (Å²) in [6.07, 6.45) is 4.49. The van der Waals surface area contributed by atoms with Crippen molar-refractivity contribution < 1.29 is 9.90 Å². The molecule has 1 amide bonds. The quantitative estimate of drug-likeness (QED) is 0.764. The third-order valence-electron chi connectivity index (χ3n) is 4.28. The molecule has 3 unspecified atom stereocenters. The monoisotopic (exact) mass is 276 g/mol. The van der Waals surface area contributed by atoms with Crippen LogP contribution >= 0.6 is 0 Å². The van der Waals surface area contributed by atoms with Crippen LogP contribution in [0.4, 0.5) is 0 Å². The van der Waals surface area contributed by atoms with Gasteiger partial charge in [-0.3, -0.25) is 4.79 Å². The van der Waals surface area contributed by atoms with Crippen LogP contribution in [-0.2, 0) is 4.79 Å². The molecule has 0 radical (unpaired) electrons. The predicted molar refractivity (Wildman–Crippen MR) is 78.9 cm³/mol. The van der Waals surface area contributed by atoms with Crippen LogP contribution < -0.4 is 11.1 Å².